The quantitative estimate of drug-likeness (QED) is 0.273. The predicted molar refractivity (Wildman–Crippen MR) is 114 cm³/mol. The molecule has 2 aromatic rings. The molecule has 0 radical (unpaired) electrons. The molecular formula is C24H34N2O. The molecule has 27 heavy (non-hydrogen) atoms. The molecule has 1 heterocycles. The molecule has 0 aliphatic rings. The minimum Gasteiger partial charge on any atom is -0.490 e. The van der Waals surface area contributed by atoms with Crippen molar-refractivity contribution in [3.8, 4) is 17.1 Å². The van der Waals surface area contributed by atoms with E-state index in [-0.39, 0.29) is 0 Å². The van der Waals surface area contributed by atoms with E-state index in [9.17, 15) is 0 Å². The highest BCUT2D eigenvalue weighted by Gasteiger charge is 2.03. The Morgan fingerprint density at radius 2 is 1.52 bits per heavy atom. The molecule has 3 heteroatoms. The number of ether oxygens (including phenoxy) is 1. The fraction of sp³-hybridized carbons (Fsp3) is 0.500. The predicted octanol–water partition coefficient (Wildman–Crippen LogP) is 6.78. The fourth-order valence-electron chi connectivity index (χ4n) is 3.05. The Labute approximate surface area is 164 Å². The molecule has 0 saturated carbocycles. The van der Waals surface area contributed by atoms with Crippen LogP contribution < -0.4 is 4.74 Å². The van der Waals surface area contributed by atoms with Crippen LogP contribution in [0.5, 0.6) is 5.75 Å². The topological polar surface area (TPSA) is 35.0 Å². The number of aryl methyl sites for hydroxylation is 1. The van der Waals surface area contributed by atoms with Gasteiger partial charge in [0.2, 0.25) is 0 Å². The highest BCUT2D eigenvalue weighted by molar-refractivity contribution is 5.55. The molecule has 3 nitrogen and oxygen atoms in total. The Hall–Kier alpha value is -2.16. The molecule has 0 atom stereocenters. The van der Waals surface area contributed by atoms with E-state index < -0.39 is 0 Å². The van der Waals surface area contributed by atoms with Gasteiger partial charge in [-0.2, -0.15) is 0 Å². The number of nitrogens with zero attached hydrogens (tertiary/aromatic N) is 2. The summed E-state index contributed by atoms with van der Waals surface area (Å²) in [6, 6.07) is 8.42. The van der Waals surface area contributed by atoms with Crippen molar-refractivity contribution in [2.75, 3.05) is 6.61 Å². The van der Waals surface area contributed by atoms with E-state index in [4.69, 9.17) is 4.74 Å². The van der Waals surface area contributed by atoms with Gasteiger partial charge in [-0.3, -0.25) is 0 Å². The van der Waals surface area contributed by atoms with Crippen LogP contribution in [0.2, 0.25) is 0 Å². The SMILES string of the molecule is C=CCCc1ccc(-c2ncc(OCCCCCCCCCC)cn2)cc1. The summed E-state index contributed by atoms with van der Waals surface area (Å²) < 4.78 is 5.77. The highest BCUT2D eigenvalue weighted by atomic mass is 16.5. The summed E-state index contributed by atoms with van der Waals surface area (Å²) in [7, 11) is 0. The van der Waals surface area contributed by atoms with Gasteiger partial charge >= 0.3 is 0 Å². The Balaban J connectivity index is 1.67. The first-order valence-electron chi connectivity index (χ1n) is 10.5. The van der Waals surface area contributed by atoms with Crippen LogP contribution in [0.4, 0.5) is 0 Å². The maximum Gasteiger partial charge on any atom is 0.159 e. The third-order valence-corrected chi connectivity index (χ3v) is 4.74. The molecule has 0 aliphatic heterocycles. The number of rotatable bonds is 14. The third-order valence-electron chi connectivity index (χ3n) is 4.74. The number of hydrogen-bond acceptors (Lipinski definition) is 3. The Morgan fingerprint density at radius 1 is 0.889 bits per heavy atom. The molecule has 0 bridgehead atoms. The Kier molecular flexibility index (Phi) is 10.2. The summed E-state index contributed by atoms with van der Waals surface area (Å²) in [4.78, 5) is 8.89. The van der Waals surface area contributed by atoms with Gasteiger partial charge in [-0.25, -0.2) is 9.97 Å². The normalized spacial score (nSPS) is 10.7. The van der Waals surface area contributed by atoms with Crippen LogP contribution in [-0.4, -0.2) is 16.6 Å². The van der Waals surface area contributed by atoms with Gasteiger partial charge < -0.3 is 4.74 Å². The van der Waals surface area contributed by atoms with Crippen LogP contribution in [0.15, 0.2) is 49.3 Å². The summed E-state index contributed by atoms with van der Waals surface area (Å²) in [5, 5.41) is 0. The fourth-order valence-corrected chi connectivity index (χ4v) is 3.05. The molecule has 2 rings (SSSR count). The van der Waals surface area contributed by atoms with Crippen molar-refractivity contribution in [2.24, 2.45) is 0 Å². The van der Waals surface area contributed by atoms with E-state index in [0.717, 1.165) is 43.0 Å². The van der Waals surface area contributed by atoms with Crippen molar-refractivity contribution in [3.05, 3.63) is 54.9 Å². The van der Waals surface area contributed by atoms with Gasteiger partial charge in [0.25, 0.3) is 0 Å². The van der Waals surface area contributed by atoms with Crippen LogP contribution in [-0.2, 0) is 6.42 Å². The lowest BCUT2D eigenvalue weighted by Crippen LogP contribution is -1.99. The molecule has 0 saturated heterocycles. The molecule has 0 amide bonds. The van der Waals surface area contributed by atoms with Crippen LogP contribution in [0.1, 0.15) is 70.3 Å². The first-order valence-corrected chi connectivity index (χ1v) is 10.5. The molecule has 0 N–H and O–H groups in total. The maximum absolute atomic E-state index is 5.77. The molecule has 0 aliphatic carbocycles. The van der Waals surface area contributed by atoms with Crippen LogP contribution in [0, 0.1) is 0 Å². The first kappa shape index (κ1) is 21.1. The van der Waals surface area contributed by atoms with Crippen molar-refractivity contribution >= 4 is 0 Å². The average Bonchev–Trinajstić information content (AvgIpc) is 2.72. The monoisotopic (exact) mass is 366 g/mol. The molecular weight excluding hydrogens is 332 g/mol. The van der Waals surface area contributed by atoms with E-state index in [1.807, 2.05) is 6.08 Å². The van der Waals surface area contributed by atoms with Gasteiger partial charge in [-0.15, -0.1) is 6.58 Å². The van der Waals surface area contributed by atoms with Crippen molar-refractivity contribution in [3.63, 3.8) is 0 Å². The van der Waals surface area contributed by atoms with Gasteiger partial charge in [-0.1, -0.05) is 82.2 Å². The zero-order valence-corrected chi connectivity index (χ0v) is 16.8. The summed E-state index contributed by atoms with van der Waals surface area (Å²) in [5.74, 6) is 1.49. The Bertz CT molecular complexity index is 634. The van der Waals surface area contributed by atoms with E-state index in [0.29, 0.717) is 0 Å². The van der Waals surface area contributed by atoms with Crippen LogP contribution in [0.25, 0.3) is 11.4 Å². The second kappa shape index (κ2) is 13.1. The largest absolute Gasteiger partial charge is 0.490 e. The van der Waals surface area contributed by atoms with Gasteiger partial charge in [0, 0.05) is 5.56 Å². The number of unbranched alkanes of at least 4 members (excludes halogenated alkanes) is 7. The smallest absolute Gasteiger partial charge is 0.159 e. The number of benzene rings is 1. The molecule has 0 fully saturated rings. The standard InChI is InChI=1S/C24H34N2O/c1-3-5-7-8-9-10-11-12-18-27-23-19-25-24(26-20-23)22-16-14-21(15-17-22)13-6-4-2/h4,14-17,19-20H,2-3,5-13,18H2,1H3. The Morgan fingerprint density at radius 3 is 2.15 bits per heavy atom. The van der Waals surface area contributed by atoms with Gasteiger partial charge in [0.15, 0.2) is 11.6 Å². The average molecular weight is 367 g/mol. The highest BCUT2D eigenvalue weighted by Crippen LogP contribution is 2.18. The molecule has 1 aromatic heterocycles. The maximum atomic E-state index is 5.77. The molecule has 0 unspecified atom stereocenters. The number of aromatic nitrogens is 2. The van der Waals surface area contributed by atoms with Crippen molar-refractivity contribution in [1.29, 1.82) is 0 Å². The number of hydrogen-bond donors (Lipinski definition) is 0. The summed E-state index contributed by atoms with van der Waals surface area (Å²) >= 11 is 0. The molecule has 0 spiro atoms. The van der Waals surface area contributed by atoms with Crippen molar-refractivity contribution in [2.45, 2.75) is 71.1 Å². The summed E-state index contributed by atoms with van der Waals surface area (Å²) in [6.07, 6.45) is 18.0. The van der Waals surface area contributed by atoms with Crippen LogP contribution in [0.3, 0.4) is 0 Å². The van der Waals surface area contributed by atoms with E-state index in [1.54, 1.807) is 12.4 Å². The lowest BCUT2D eigenvalue weighted by Gasteiger charge is -2.07. The summed E-state index contributed by atoms with van der Waals surface area (Å²) in [5.41, 5.74) is 2.34. The zero-order valence-electron chi connectivity index (χ0n) is 16.8. The zero-order chi connectivity index (χ0) is 19.2. The third kappa shape index (κ3) is 8.38. The molecule has 1 aromatic carbocycles. The molecule has 146 valence electrons. The minimum absolute atomic E-state index is 0.740. The lowest BCUT2D eigenvalue weighted by atomic mass is 10.1. The van der Waals surface area contributed by atoms with E-state index in [1.165, 1.54) is 50.5 Å². The van der Waals surface area contributed by atoms with E-state index in [2.05, 4.69) is 47.7 Å². The second-order valence-corrected chi connectivity index (χ2v) is 7.09. The van der Waals surface area contributed by atoms with Gasteiger partial charge in [0.05, 0.1) is 19.0 Å². The number of allylic oxidation sites excluding steroid dienone is 1. The lowest BCUT2D eigenvalue weighted by molar-refractivity contribution is 0.302. The minimum atomic E-state index is 0.740. The van der Waals surface area contributed by atoms with Crippen LogP contribution >= 0.6 is 0 Å². The van der Waals surface area contributed by atoms with Gasteiger partial charge in [-0.05, 0) is 24.8 Å². The van der Waals surface area contributed by atoms with E-state index >= 15 is 0 Å². The summed E-state index contributed by atoms with van der Waals surface area (Å²) in [6.45, 7) is 6.77. The second-order valence-electron chi connectivity index (χ2n) is 7.09. The van der Waals surface area contributed by atoms with Crippen molar-refractivity contribution in [1.82, 2.24) is 9.97 Å². The first-order chi connectivity index (χ1) is 13.3. The van der Waals surface area contributed by atoms with Crippen molar-refractivity contribution < 1.29 is 4.74 Å². The van der Waals surface area contributed by atoms with Gasteiger partial charge in [0.1, 0.15) is 0 Å².